The maximum absolute atomic E-state index is 12.6. The van der Waals surface area contributed by atoms with Crippen molar-refractivity contribution in [2.24, 2.45) is 0 Å². The van der Waals surface area contributed by atoms with Crippen LogP contribution >= 0.6 is 0 Å². The number of rotatable bonds is 33. The maximum Gasteiger partial charge on any atom is 0.306 e. The molecule has 3 heteroatoms. The first-order valence-corrected chi connectivity index (χ1v) is 18.7. The summed E-state index contributed by atoms with van der Waals surface area (Å²) < 4.78 is 6.01. The van der Waals surface area contributed by atoms with Gasteiger partial charge in [0.25, 0.3) is 0 Å². The summed E-state index contributed by atoms with van der Waals surface area (Å²) in [6.07, 6.45) is 40.4. The number of carbonyl (C=O) groups is 1. The molecule has 0 saturated heterocycles. The van der Waals surface area contributed by atoms with Gasteiger partial charge in [-0.2, -0.15) is 0 Å². The summed E-state index contributed by atoms with van der Waals surface area (Å²) in [7, 11) is 0. The maximum atomic E-state index is 12.6. The van der Waals surface area contributed by atoms with Crippen molar-refractivity contribution < 1.29 is 14.6 Å². The number of aliphatic hydroxyl groups is 1. The van der Waals surface area contributed by atoms with Crippen molar-refractivity contribution in [2.45, 2.75) is 226 Å². The van der Waals surface area contributed by atoms with E-state index >= 15 is 0 Å². The standard InChI is InChI=1S/C38H74O3/c1-4-7-10-13-15-16-20-24-29-34-37(33-28-23-14-11-8-5-2)41-38(40)35-30-25-21-18-17-19-22-27-32-36(39)31-26-12-9-6-3/h22,27,36-37,39H,4-21,23-26,28-35H2,1-3H3/b27-22-/t36-,37-/m1/s1. The summed E-state index contributed by atoms with van der Waals surface area (Å²) in [6, 6.07) is 0. The van der Waals surface area contributed by atoms with E-state index in [1.165, 1.54) is 135 Å². The van der Waals surface area contributed by atoms with Gasteiger partial charge in [0.1, 0.15) is 6.10 Å². The number of esters is 1. The van der Waals surface area contributed by atoms with E-state index in [9.17, 15) is 9.90 Å². The Morgan fingerprint density at radius 3 is 1.49 bits per heavy atom. The van der Waals surface area contributed by atoms with Crippen LogP contribution in [0, 0.1) is 0 Å². The minimum atomic E-state index is -0.168. The summed E-state index contributed by atoms with van der Waals surface area (Å²) >= 11 is 0. The quantitative estimate of drug-likeness (QED) is 0.0478. The Morgan fingerprint density at radius 1 is 0.537 bits per heavy atom. The fraction of sp³-hybridized carbons (Fsp3) is 0.921. The number of hydrogen-bond acceptors (Lipinski definition) is 3. The summed E-state index contributed by atoms with van der Waals surface area (Å²) in [4.78, 5) is 12.6. The van der Waals surface area contributed by atoms with Crippen LogP contribution < -0.4 is 0 Å². The minimum Gasteiger partial charge on any atom is -0.462 e. The van der Waals surface area contributed by atoms with Crippen molar-refractivity contribution in [2.75, 3.05) is 0 Å². The largest absolute Gasteiger partial charge is 0.462 e. The van der Waals surface area contributed by atoms with Crippen molar-refractivity contribution in [3.63, 3.8) is 0 Å². The zero-order valence-corrected chi connectivity index (χ0v) is 28.3. The van der Waals surface area contributed by atoms with Crippen molar-refractivity contribution in [1.82, 2.24) is 0 Å². The molecule has 2 atom stereocenters. The predicted molar refractivity (Wildman–Crippen MR) is 181 cm³/mol. The zero-order valence-electron chi connectivity index (χ0n) is 28.3. The molecule has 41 heavy (non-hydrogen) atoms. The molecule has 0 fully saturated rings. The van der Waals surface area contributed by atoms with E-state index in [4.69, 9.17) is 4.74 Å². The van der Waals surface area contributed by atoms with Gasteiger partial charge in [0.2, 0.25) is 0 Å². The Labute approximate surface area is 258 Å². The van der Waals surface area contributed by atoms with E-state index in [1.54, 1.807) is 0 Å². The van der Waals surface area contributed by atoms with E-state index in [2.05, 4.69) is 32.9 Å². The van der Waals surface area contributed by atoms with Gasteiger partial charge in [-0.05, 0) is 57.8 Å². The lowest BCUT2D eigenvalue weighted by molar-refractivity contribution is -0.150. The van der Waals surface area contributed by atoms with Crippen molar-refractivity contribution in [3.05, 3.63) is 12.2 Å². The average molecular weight is 579 g/mol. The second-order valence-corrected chi connectivity index (χ2v) is 12.8. The normalized spacial score (nSPS) is 13.2. The number of allylic oxidation sites excluding steroid dienone is 1. The summed E-state index contributed by atoms with van der Waals surface area (Å²) in [6.45, 7) is 6.77. The van der Waals surface area contributed by atoms with Crippen molar-refractivity contribution in [3.8, 4) is 0 Å². The minimum absolute atomic E-state index is 0.0353. The molecule has 0 aromatic carbocycles. The predicted octanol–water partition coefficient (Wildman–Crippen LogP) is 12.6. The van der Waals surface area contributed by atoms with Crippen LogP contribution in [0.3, 0.4) is 0 Å². The molecule has 0 spiro atoms. The summed E-state index contributed by atoms with van der Waals surface area (Å²) in [5.41, 5.74) is 0. The SMILES string of the molecule is CCCCCCCCCCC[C@@H](CCCCCCCC)OC(=O)CCCCCCC/C=C\C[C@H](O)CCCCCC. The van der Waals surface area contributed by atoms with Gasteiger partial charge in [0, 0.05) is 6.42 Å². The average Bonchev–Trinajstić information content (AvgIpc) is 2.97. The molecule has 0 unspecified atom stereocenters. The molecule has 0 aromatic heterocycles. The number of aliphatic hydroxyl groups excluding tert-OH is 1. The number of unbranched alkanes of at least 4 members (excludes halogenated alkanes) is 21. The molecule has 0 aromatic rings. The Morgan fingerprint density at radius 2 is 0.951 bits per heavy atom. The van der Waals surface area contributed by atoms with E-state index in [0.717, 1.165) is 51.4 Å². The lowest BCUT2D eigenvalue weighted by atomic mass is 10.0. The van der Waals surface area contributed by atoms with Gasteiger partial charge in [-0.15, -0.1) is 0 Å². The highest BCUT2D eigenvalue weighted by atomic mass is 16.5. The highest BCUT2D eigenvalue weighted by Gasteiger charge is 2.14. The van der Waals surface area contributed by atoms with Crippen LogP contribution in [0.4, 0.5) is 0 Å². The van der Waals surface area contributed by atoms with Gasteiger partial charge in [0.05, 0.1) is 6.10 Å². The molecule has 1 N–H and O–H groups in total. The zero-order chi connectivity index (χ0) is 30.1. The van der Waals surface area contributed by atoms with Crippen LogP contribution in [-0.4, -0.2) is 23.3 Å². The molecule has 0 aliphatic rings. The van der Waals surface area contributed by atoms with Crippen LogP contribution in [0.15, 0.2) is 12.2 Å². The fourth-order valence-corrected chi connectivity index (χ4v) is 5.70. The van der Waals surface area contributed by atoms with Gasteiger partial charge < -0.3 is 9.84 Å². The Bertz CT molecular complexity index is 544. The molecule has 0 saturated carbocycles. The van der Waals surface area contributed by atoms with E-state index in [0.29, 0.717) is 6.42 Å². The highest BCUT2D eigenvalue weighted by molar-refractivity contribution is 5.69. The first-order valence-electron chi connectivity index (χ1n) is 18.7. The second kappa shape index (κ2) is 33.7. The molecule has 0 amide bonds. The van der Waals surface area contributed by atoms with E-state index < -0.39 is 0 Å². The van der Waals surface area contributed by atoms with Gasteiger partial charge in [-0.1, -0.05) is 161 Å². The number of carbonyl (C=O) groups excluding carboxylic acids is 1. The van der Waals surface area contributed by atoms with Crippen LogP contribution in [-0.2, 0) is 9.53 Å². The summed E-state index contributed by atoms with van der Waals surface area (Å²) in [5.74, 6) is 0.0353. The van der Waals surface area contributed by atoms with Crippen molar-refractivity contribution in [1.29, 1.82) is 0 Å². The number of hydrogen-bond donors (Lipinski definition) is 1. The lowest BCUT2D eigenvalue weighted by Crippen LogP contribution is -2.18. The van der Waals surface area contributed by atoms with Gasteiger partial charge >= 0.3 is 5.97 Å². The molecule has 0 aliphatic carbocycles. The molecule has 3 nitrogen and oxygen atoms in total. The third-order valence-electron chi connectivity index (χ3n) is 8.52. The first kappa shape index (κ1) is 40.2. The monoisotopic (exact) mass is 579 g/mol. The molecule has 0 heterocycles. The third kappa shape index (κ3) is 31.9. The molecule has 0 aliphatic heterocycles. The van der Waals surface area contributed by atoms with E-state index in [-0.39, 0.29) is 18.2 Å². The molecular formula is C38H74O3. The second-order valence-electron chi connectivity index (χ2n) is 12.8. The third-order valence-corrected chi connectivity index (χ3v) is 8.52. The van der Waals surface area contributed by atoms with E-state index in [1.807, 2.05) is 0 Å². The first-order chi connectivity index (χ1) is 20.1. The lowest BCUT2D eigenvalue weighted by Gasteiger charge is -2.18. The molecule has 0 bridgehead atoms. The van der Waals surface area contributed by atoms with Gasteiger partial charge in [-0.3, -0.25) is 4.79 Å². The van der Waals surface area contributed by atoms with Gasteiger partial charge in [0.15, 0.2) is 0 Å². The topological polar surface area (TPSA) is 46.5 Å². The number of ether oxygens (including phenoxy) is 1. The molecule has 0 radical (unpaired) electrons. The molecule has 0 rings (SSSR count). The Hall–Kier alpha value is -0.830. The van der Waals surface area contributed by atoms with Crippen molar-refractivity contribution >= 4 is 5.97 Å². The summed E-state index contributed by atoms with van der Waals surface area (Å²) in [5, 5.41) is 10.0. The van der Waals surface area contributed by atoms with Crippen LogP contribution in [0.1, 0.15) is 213 Å². The van der Waals surface area contributed by atoms with Crippen LogP contribution in [0.25, 0.3) is 0 Å². The fourth-order valence-electron chi connectivity index (χ4n) is 5.70. The Kier molecular flexibility index (Phi) is 33.0. The van der Waals surface area contributed by atoms with Gasteiger partial charge in [-0.25, -0.2) is 0 Å². The highest BCUT2D eigenvalue weighted by Crippen LogP contribution is 2.19. The Balaban J connectivity index is 3.96. The van der Waals surface area contributed by atoms with Crippen LogP contribution in [0.2, 0.25) is 0 Å². The molecular weight excluding hydrogens is 504 g/mol. The molecule has 244 valence electrons. The van der Waals surface area contributed by atoms with Crippen LogP contribution in [0.5, 0.6) is 0 Å². The smallest absolute Gasteiger partial charge is 0.306 e.